The van der Waals surface area contributed by atoms with E-state index in [1.807, 2.05) is 0 Å². The van der Waals surface area contributed by atoms with Gasteiger partial charge in [0.2, 0.25) is 0 Å². The molecule has 118 valence electrons. The quantitative estimate of drug-likeness (QED) is 0.455. The Morgan fingerprint density at radius 2 is 1.80 bits per heavy atom. The van der Waals surface area contributed by atoms with E-state index < -0.39 is 0 Å². The Kier molecular flexibility index (Phi) is 8.84. The molecule has 2 N–H and O–H groups in total. The number of likely N-dealkylation sites (tertiary alicyclic amines) is 2. The fraction of sp³-hybridized carbons (Fsp3) is 0.933. The molecule has 0 aliphatic carbocycles. The second-order valence-electron chi connectivity index (χ2n) is 6.19. The molecule has 0 amide bonds. The predicted molar refractivity (Wildman–Crippen MR) is 96.8 cm³/mol. The van der Waals surface area contributed by atoms with Crippen LogP contribution < -0.4 is 5.73 Å². The second kappa shape index (κ2) is 9.82. The number of rotatable bonds is 3. The van der Waals surface area contributed by atoms with Gasteiger partial charge in [0.1, 0.15) is 0 Å². The summed E-state index contributed by atoms with van der Waals surface area (Å²) in [6.45, 7) is 8.93. The second-order valence-corrected chi connectivity index (χ2v) is 6.19. The van der Waals surface area contributed by atoms with Crippen LogP contribution >= 0.6 is 24.0 Å². The van der Waals surface area contributed by atoms with Crippen LogP contribution in [0.2, 0.25) is 0 Å². The molecule has 1 atom stereocenters. The van der Waals surface area contributed by atoms with E-state index in [0.717, 1.165) is 38.1 Å². The van der Waals surface area contributed by atoms with Crippen molar-refractivity contribution in [3.8, 4) is 0 Å². The molecule has 0 radical (unpaired) electrons. The van der Waals surface area contributed by atoms with Crippen molar-refractivity contribution >= 4 is 29.9 Å². The third kappa shape index (κ3) is 6.16. The van der Waals surface area contributed by atoms with Crippen molar-refractivity contribution in [3.05, 3.63) is 0 Å². The highest BCUT2D eigenvalue weighted by molar-refractivity contribution is 14.0. The maximum absolute atomic E-state index is 6.12. The molecule has 0 saturated carbocycles. The third-order valence-corrected chi connectivity index (χ3v) is 4.36. The first-order valence-corrected chi connectivity index (χ1v) is 8.03. The summed E-state index contributed by atoms with van der Waals surface area (Å²) in [6.07, 6.45) is 7.94. The predicted octanol–water partition coefficient (Wildman–Crippen LogP) is 2.53. The minimum Gasteiger partial charge on any atom is -0.370 e. The Morgan fingerprint density at radius 3 is 2.45 bits per heavy atom. The minimum absolute atomic E-state index is 0. The third-order valence-electron chi connectivity index (χ3n) is 4.36. The highest BCUT2D eigenvalue weighted by Gasteiger charge is 2.15. The van der Waals surface area contributed by atoms with Crippen LogP contribution in [0.4, 0.5) is 0 Å². The van der Waals surface area contributed by atoms with Gasteiger partial charge in [-0.25, -0.2) is 0 Å². The van der Waals surface area contributed by atoms with E-state index in [1.54, 1.807) is 0 Å². The lowest BCUT2D eigenvalue weighted by Gasteiger charge is -2.30. The fourth-order valence-electron chi connectivity index (χ4n) is 3.20. The first kappa shape index (κ1) is 18.0. The number of nitrogens with two attached hydrogens (primary N) is 1. The van der Waals surface area contributed by atoms with E-state index in [2.05, 4.69) is 21.7 Å². The van der Waals surface area contributed by atoms with Crippen LogP contribution in [0.15, 0.2) is 4.99 Å². The first-order valence-electron chi connectivity index (χ1n) is 8.03. The molecule has 2 rings (SSSR count). The summed E-state index contributed by atoms with van der Waals surface area (Å²) in [7, 11) is 0. The highest BCUT2D eigenvalue weighted by Crippen LogP contribution is 2.14. The van der Waals surface area contributed by atoms with Gasteiger partial charge in [-0.15, -0.1) is 24.0 Å². The maximum Gasteiger partial charge on any atom is 0.191 e. The smallest absolute Gasteiger partial charge is 0.191 e. The molecule has 2 aliphatic rings. The van der Waals surface area contributed by atoms with Crippen molar-refractivity contribution in [3.63, 3.8) is 0 Å². The fourth-order valence-corrected chi connectivity index (χ4v) is 3.20. The average Bonchev–Trinajstić information content (AvgIpc) is 2.67. The number of halogens is 1. The van der Waals surface area contributed by atoms with E-state index in [1.165, 1.54) is 51.6 Å². The van der Waals surface area contributed by atoms with Gasteiger partial charge in [0.25, 0.3) is 0 Å². The minimum atomic E-state index is 0. The van der Waals surface area contributed by atoms with Crippen LogP contribution in [0.1, 0.15) is 45.4 Å². The van der Waals surface area contributed by atoms with Gasteiger partial charge < -0.3 is 15.5 Å². The van der Waals surface area contributed by atoms with Gasteiger partial charge in [-0.1, -0.05) is 19.8 Å². The summed E-state index contributed by atoms with van der Waals surface area (Å²) in [4.78, 5) is 9.39. The first-order chi connectivity index (χ1) is 9.25. The van der Waals surface area contributed by atoms with Gasteiger partial charge in [0.05, 0.1) is 6.54 Å². The van der Waals surface area contributed by atoms with Gasteiger partial charge in [0, 0.05) is 26.2 Å². The molecular weight excluding hydrogens is 363 g/mol. The van der Waals surface area contributed by atoms with Crippen molar-refractivity contribution in [2.45, 2.75) is 45.4 Å². The number of nitrogens with zero attached hydrogens (tertiary/aromatic N) is 3. The molecule has 2 saturated heterocycles. The molecule has 20 heavy (non-hydrogen) atoms. The molecule has 2 aliphatic heterocycles. The Bertz CT molecular complexity index is 288. The molecular formula is C15H31IN4. The monoisotopic (exact) mass is 394 g/mol. The van der Waals surface area contributed by atoms with Crippen molar-refractivity contribution in [1.82, 2.24) is 9.80 Å². The summed E-state index contributed by atoms with van der Waals surface area (Å²) in [5, 5.41) is 0. The Labute approximate surface area is 141 Å². The van der Waals surface area contributed by atoms with Crippen LogP contribution in [-0.2, 0) is 0 Å². The van der Waals surface area contributed by atoms with Crippen molar-refractivity contribution in [2.75, 3.05) is 39.3 Å². The van der Waals surface area contributed by atoms with Gasteiger partial charge >= 0.3 is 0 Å². The van der Waals surface area contributed by atoms with E-state index in [4.69, 9.17) is 5.73 Å². The molecule has 4 nitrogen and oxygen atoms in total. The van der Waals surface area contributed by atoms with Gasteiger partial charge in [0.15, 0.2) is 5.96 Å². The van der Waals surface area contributed by atoms with Gasteiger partial charge in [-0.2, -0.15) is 0 Å². The lowest BCUT2D eigenvalue weighted by atomic mass is 10.0. The van der Waals surface area contributed by atoms with E-state index in [0.29, 0.717) is 0 Å². The standard InChI is InChI=1S/C15H30N4.HI/c1-14-7-6-9-18(13-14)12-8-17-15(16)19-10-4-2-3-5-11-19;/h14H,2-13H2,1H3,(H2,16,17);1H. The summed E-state index contributed by atoms with van der Waals surface area (Å²) >= 11 is 0. The molecule has 0 spiro atoms. The van der Waals surface area contributed by atoms with E-state index in [-0.39, 0.29) is 24.0 Å². The zero-order valence-electron chi connectivity index (χ0n) is 12.9. The lowest BCUT2D eigenvalue weighted by Crippen LogP contribution is -2.39. The Morgan fingerprint density at radius 1 is 1.10 bits per heavy atom. The molecule has 0 aromatic carbocycles. The summed E-state index contributed by atoms with van der Waals surface area (Å²) in [5.74, 6) is 1.62. The number of hydrogen-bond acceptors (Lipinski definition) is 2. The molecule has 2 fully saturated rings. The summed E-state index contributed by atoms with van der Waals surface area (Å²) in [5.41, 5.74) is 6.12. The molecule has 0 aromatic heterocycles. The number of piperidine rings is 1. The van der Waals surface area contributed by atoms with Crippen LogP contribution in [-0.4, -0.2) is 55.0 Å². The Balaban J connectivity index is 0.00000200. The van der Waals surface area contributed by atoms with Crippen LogP contribution in [0.3, 0.4) is 0 Å². The zero-order valence-corrected chi connectivity index (χ0v) is 15.2. The maximum atomic E-state index is 6.12. The van der Waals surface area contributed by atoms with Gasteiger partial charge in [-0.3, -0.25) is 4.99 Å². The molecule has 1 unspecified atom stereocenters. The molecule has 0 aromatic rings. The molecule has 5 heteroatoms. The Hall–Kier alpha value is -0.0400. The van der Waals surface area contributed by atoms with Crippen molar-refractivity contribution in [2.24, 2.45) is 16.6 Å². The number of aliphatic imine (C=N–C) groups is 1. The summed E-state index contributed by atoms with van der Waals surface area (Å²) < 4.78 is 0. The van der Waals surface area contributed by atoms with Gasteiger partial charge in [-0.05, 0) is 38.1 Å². The molecule has 2 heterocycles. The topological polar surface area (TPSA) is 44.9 Å². The zero-order chi connectivity index (χ0) is 13.5. The number of guanidine groups is 1. The van der Waals surface area contributed by atoms with Crippen molar-refractivity contribution in [1.29, 1.82) is 0 Å². The molecule has 0 bridgehead atoms. The van der Waals surface area contributed by atoms with Crippen LogP contribution in [0.25, 0.3) is 0 Å². The highest BCUT2D eigenvalue weighted by atomic mass is 127. The average molecular weight is 394 g/mol. The summed E-state index contributed by atoms with van der Waals surface area (Å²) in [6, 6.07) is 0. The normalized spacial score (nSPS) is 25.9. The van der Waals surface area contributed by atoms with Crippen LogP contribution in [0, 0.1) is 5.92 Å². The van der Waals surface area contributed by atoms with E-state index in [9.17, 15) is 0 Å². The van der Waals surface area contributed by atoms with E-state index >= 15 is 0 Å². The SMILES string of the molecule is CC1CCCN(CCN=C(N)N2CCCCCC2)C1.I. The number of hydrogen-bond donors (Lipinski definition) is 1. The largest absolute Gasteiger partial charge is 0.370 e. The lowest BCUT2D eigenvalue weighted by molar-refractivity contribution is 0.188. The van der Waals surface area contributed by atoms with Crippen LogP contribution in [0.5, 0.6) is 0 Å². The van der Waals surface area contributed by atoms with Crippen molar-refractivity contribution < 1.29 is 0 Å².